The first-order valence-electron chi connectivity index (χ1n) is 5.90. The van der Waals surface area contributed by atoms with Crippen LogP contribution in [0.4, 0.5) is 0 Å². The Labute approximate surface area is 98.4 Å². The maximum absolute atomic E-state index is 11.6. The van der Waals surface area contributed by atoms with E-state index in [2.05, 4.69) is 33.4 Å². The third-order valence-electron chi connectivity index (χ3n) is 3.48. The average Bonchev–Trinajstić information content (AvgIpc) is 2.20. The van der Waals surface area contributed by atoms with Gasteiger partial charge >= 0.3 is 5.97 Å². The van der Waals surface area contributed by atoms with Gasteiger partial charge in [-0.15, -0.1) is 0 Å². The summed E-state index contributed by atoms with van der Waals surface area (Å²) in [5, 5.41) is 0. The van der Waals surface area contributed by atoms with Gasteiger partial charge in [0.05, 0.1) is 6.42 Å². The number of allylic oxidation sites excluding steroid dienone is 2. The minimum atomic E-state index is -0.118. The van der Waals surface area contributed by atoms with Crippen LogP contribution in [-0.4, -0.2) is 12.6 Å². The number of hydrogen-bond donors (Lipinski definition) is 0. The fourth-order valence-corrected chi connectivity index (χ4v) is 2.42. The summed E-state index contributed by atoms with van der Waals surface area (Å²) in [6.45, 7) is 10.4. The smallest absolute Gasteiger partial charge is 0.306 e. The monoisotopic (exact) mass is 222 g/mol. The van der Waals surface area contributed by atoms with Crippen LogP contribution in [0.15, 0.2) is 24.3 Å². The van der Waals surface area contributed by atoms with Gasteiger partial charge < -0.3 is 4.74 Å². The number of carbonyl (C=O) groups is 1. The van der Waals surface area contributed by atoms with Gasteiger partial charge in [0, 0.05) is 0 Å². The van der Waals surface area contributed by atoms with E-state index < -0.39 is 0 Å². The molecule has 0 aromatic rings. The predicted octanol–water partition coefficient (Wildman–Crippen LogP) is 3.49. The molecule has 0 fully saturated rings. The molecule has 90 valence electrons. The van der Waals surface area contributed by atoms with Crippen molar-refractivity contribution in [2.24, 2.45) is 11.3 Å². The van der Waals surface area contributed by atoms with Gasteiger partial charge in [0.2, 0.25) is 0 Å². The molecule has 1 rings (SSSR count). The van der Waals surface area contributed by atoms with E-state index in [-0.39, 0.29) is 11.4 Å². The van der Waals surface area contributed by atoms with E-state index in [0.29, 0.717) is 18.9 Å². The van der Waals surface area contributed by atoms with Gasteiger partial charge in [-0.1, -0.05) is 38.2 Å². The molecule has 0 aromatic carbocycles. The first-order chi connectivity index (χ1) is 7.47. The molecular weight excluding hydrogens is 200 g/mol. The lowest BCUT2D eigenvalue weighted by Crippen LogP contribution is -2.30. The second kappa shape index (κ2) is 5.33. The second-order valence-corrected chi connectivity index (χ2v) is 5.20. The molecule has 0 N–H and O–H groups in total. The van der Waals surface area contributed by atoms with Crippen molar-refractivity contribution in [3.05, 3.63) is 24.3 Å². The molecule has 2 nitrogen and oxygen atoms in total. The topological polar surface area (TPSA) is 26.3 Å². The van der Waals surface area contributed by atoms with E-state index in [9.17, 15) is 4.79 Å². The Bertz CT molecular complexity index is 300. The van der Waals surface area contributed by atoms with Crippen molar-refractivity contribution in [1.82, 2.24) is 0 Å². The largest absolute Gasteiger partial charge is 0.461 e. The summed E-state index contributed by atoms with van der Waals surface area (Å²) in [6, 6.07) is 0. The molecule has 2 heteroatoms. The molecular formula is C14H22O2. The summed E-state index contributed by atoms with van der Waals surface area (Å²) in [5.41, 5.74) is 1.53. The Balaban J connectivity index is 2.62. The zero-order valence-electron chi connectivity index (χ0n) is 10.6. The molecule has 0 bridgehead atoms. The van der Waals surface area contributed by atoms with Gasteiger partial charge in [-0.05, 0) is 31.1 Å². The van der Waals surface area contributed by atoms with Crippen molar-refractivity contribution in [3.63, 3.8) is 0 Å². The van der Waals surface area contributed by atoms with Crippen LogP contribution in [0.3, 0.4) is 0 Å². The van der Waals surface area contributed by atoms with Gasteiger partial charge in [0.25, 0.3) is 0 Å². The fraction of sp³-hybridized carbons (Fsp3) is 0.643. The third-order valence-corrected chi connectivity index (χ3v) is 3.48. The summed E-state index contributed by atoms with van der Waals surface area (Å²) in [4.78, 5) is 11.6. The standard InChI is InChI=1S/C14H22O2/c1-5-9-16-13(15)10-12-11(2)7-6-8-14(12,3)4/h5,7,12H,1,6,8-10H2,2-4H3. The Morgan fingerprint density at radius 2 is 2.38 bits per heavy atom. The summed E-state index contributed by atoms with van der Waals surface area (Å²) >= 11 is 0. The van der Waals surface area contributed by atoms with E-state index in [0.717, 1.165) is 12.8 Å². The van der Waals surface area contributed by atoms with Gasteiger partial charge in [-0.25, -0.2) is 0 Å². The number of rotatable bonds is 4. The van der Waals surface area contributed by atoms with E-state index in [1.807, 2.05) is 0 Å². The Kier molecular flexibility index (Phi) is 4.34. The molecule has 0 heterocycles. The summed E-state index contributed by atoms with van der Waals surface area (Å²) in [6.07, 6.45) is 6.60. The lowest BCUT2D eigenvalue weighted by Gasteiger charge is -2.37. The first kappa shape index (κ1) is 13.0. The number of hydrogen-bond acceptors (Lipinski definition) is 2. The maximum Gasteiger partial charge on any atom is 0.306 e. The molecule has 0 aliphatic heterocycles. The van der Waals surface area contributed by atoms with Crippen LogP contribution in [0.5, 0.6) is 0 Å². The van der Waals surface area contributed by atoms with Gasteiger partial charge in [-0.2, -0.15) is 0 Å². The highest BCUT2D eigenvalue weighted by Crippen LogP contribution is 2.42. The number of carbonyl (C=O) groups excluding carboxylic acids is 1. The van der Waals surface area contributed by atoms with Crippen molar-refractivity contribution >= 4 is 5.97 Å². The lowest BCUT2D eigenvalue weighted by atomic mass is 9.67. The maximum atomic E-state index is 11.6. The minimum Gasteiger partial charge on any atom is -0.461 e. The van der Waals surface area contributed by atoms with Crippen LogP contribution in [0.25, 0.3) is 0 Å². The van der Waals surface area contributed by atoms with Crippen LogP contribution in [0.1, 0.15) is 40.0 Å². The lowest BCUT2D eigenvalue weighted by molar-refractivity contribution is -0.144. The average molecular weight is 222 g/mol. The van der Waals surface area contributed by atoms with Crippen molar-refractivity contribution in [1.29, 1.82) is 0 Å². The Hall–Kier alpha value is -1.05. The van der Waals surface area contributed by atoms with E-state index in [4.69, 9.17) is 4.74 Å². The summed E-state index contributed by atoms with van der Waals surface area (Å²) < 4.78 is 5.05. The van der Waals surface area contributed by atoms with Crippen molar-refractivity contribution in [2.75, 3.05) is 6.61 Å². The molecule has 0 aromatic heterocycles. The zero-order chi connectivity index (χ0) is 12.2. The van der Waals surface area contributed by atoms with E-state index >= 15 is 0 Å². The van der Waals surface area contributed by atoms with Crippen LogP contribution in [0.2, 0.25) is 0 Å². The number of ether oxygens (including phenoxy) is 1. The van der Waals surface area contributed by atoms with Gasteiger partial charge in [0.1, 0.15) is 6.61 Å². The van der Waals surface area contributed by atoms with Crippen molar-refractivity contribution < 1.29 is 9.53 Å². The molecule has 1 aliphatic rings. The molecule has 0 radical (unpaired) electrons. The molecule has 0 saturated carbocycles. The summed E-state index contributed by atoms with van der Waals surface area (Å²) in [5.74, 6) is 0.200. The molecule has 1 atom stereocenters. The molecule has 0 spiro atoms. The SMILES string of the molecule is C=CCOC(=O)CC1C(C)=CCCC1(C)C. The minimum absolute atomic E-state index is 0.118. The van der Waals surface area contributed by atoms with Crippen molar-refractivity contribution in [3.8, 4) is 0 Å². The first-order valence-corrected chi connectivity index (χ1v) is 5.90. The molecule has 0 saturated heterocycles. The molecule has 1 aliphatic carbocycles. The van der Waals surface area contributed by atoms with E-state index in [1.54, 1.807) is 6.08 Å². The fourth-order valence-electron chi connectivity index (χ4n) is 2.42. The normalized spacial score (nSPS) is 23.4. The van der Waals surface area contributed by atoms with Crippen LogP contribution >= 0.6 is 0 Å². The molecule has 0 amide bonds. The Morgan fingerprint density at radius 1 is 1.69 bits per heavy atom. The van der Waals surface area contributed by atoms with Crippen LogP contribution in [-0.2, 0) is 9.53 Å². The van der Waals surface area contributed by atoms with Crippen LogP contribution in [0, 0.1) is 11.3 Å². The van der Waals surface area contributed by atoms with Gasteiger partial charge in [0.15, 0.2) is 0 Å². The molecule has 1 unspecified atom stereocenters. The Morgan fingerprint density at radius 3 is 2.94 bits per heavy atom. The zero-order valence-corrected chi connectivity index (χ0v) is 10.6. The van der Waals surface area contributed by atoms with Crippen LogP contribution < -0.4 is 0 Å². The predicted molar refractivity (Wildman–Crippen MR) is 66.0 cm³/mol. The van der Waals surface area contributed by atoms with E-state index in [1.165, 1.54) is 5.57 Å². The number of esters is 1. The third kappa shape index (κ3) is 3.22. The van der Waals surface area contributed by atoms with Gasteiger partial charge in [-0.3, -0.25) is 4.79 Å². The second-order valence-electron chi connectivity index (χ2n) is 5.20. The summed E-state index contributed by atoms with van der Waals surface area (Å²) in [7, 11) is 0. The quantitative estimate of drug-likeness (QED) is 0.537. The molecule has 16 heavy (non-hydrogen) atoms. The van der Waals surface area contributed by atoms with Crippen molar-refractivity contribution in [2.45, 2.75) is 40.0 Å². The highest BCUT2D eigenvalue weighted by Gasteiger charge is 2.34. The highest BCUT2D eigenvalue weighted by molar-refractivity contribution is 5.70. The highest BCUT2D eigenvalue weighted by atomic mass is 16.5.